The van der Waals surface area contributed by atoms with E-state index in [0.29, 0.717) is 11.1 Å². The fourth-order valence-electron chi connectivity index (χ4n) is 1.51. The van der Waals surface area contributed by atoms with Gasteiger partial charge in [-0.15, -0.1) is 0 Å². The van der Waals surface area contributed by atoms with Gasteiger partial charge in [0, 0.05) is 26.3 Å². The maximum Gasteiger partial charge on any atom is 0.251 e. The van der Waals surface area contributed by atoms with Crippen LogP contribution in [0.4, 0.5) is 4.39 Å². The third-order valence-electron chi connectivity index (χ3n) is 2.66. The molecule has 96 valence electrons. The van der Waals surface area contributed by atoms with Crippen LogP contribution >= 0.6 is 0 Å². The minimum atomic E-state index is -0.572. The van der Waals surface area contributed by atoms with Crippen LogP contribution in [0.3, 0.4) is 0 Å². The van der Waals surface area contributed by atoms with Crippen LogP contribution in [0.25, 0.3) is 0 Å². The Balaban J connectivity index is 2.85. The number of amides is 1. The van der Waals surface area contributed by atoms with Crippen LogP contribution < -0.4 is 0 Å². The Kier molecular flexibility index (Phi) is 4.81. The van der Waals surface area contributed by atoms with Crippen LogP contribution in [0, 0.1) is 17.1 Å². The number of halogens is 1. The van der Waals surface area contributed by atoms with Gasteiger partial charge in [-0.3, -0.25) is 4.79 Å². The van der Waals surface area contributed by atoms with Gasteiger partial charge in [0.15, 0.2) is 0 Å². The average molecular weight is 250 g/mol. The van der Waals surface area contributed by atoms with Crippen molar-refractivity contribution in [2.45, 2.75) is 19.6 Å². The summed E-state index contributed by atoms with van der Waals surface area (Å²) < 4.78 is 18.4. The van der Waals surface area contributed by atoms with Crippen LogP contribution in [0.15, 0.2) is 18.2 Å². The van der Waals surface area contributed by atoms with Crippen LogP contribution in [0.5, 0.6) is 0 Å². The Hall–Kier alpha value is -1.93. The number of hydrogen-bond acceptors (Lipinski definition) is 3. The van der Waals surface area contributed by atoms with Gasteiger partial charge < -0.3 is 9.64 Å². The second-order valence-corrected chi connectivity index (χ2v) is 3.99. The highest BCUT2D eigenvalue weighted by molar-refractivity contribution is 5.80. The Morgan fingerprint density at radius 3 is 2.83 bits per heavy atom. The normalized spacial score (nSPS) is 11.7. The van der Waals surface area contributed by atoms with Gasteiger partial charge >= 0.3 is 0 Å². The molecule has 1 aromatic carbocycles. The highest BCUT2D eigenvalue weighted by Gasteiger charge is 2.18. The molecule has 0 aliphatic rings. The molecule has 0 aliphatic carbocycles. The van der Waals surface area contributed by atoms with E-state index < -0.39 is 11.9 Å². The first kappa shape index (κ1) is 14.1. The Labute approximate surface area is 106 Å². The minimum absolute atomic E-state index is 0.105. The molecule has 0 bridgehead atoms. The van der Waals surface area contributed by atoms with Gasteiger partial charge in [0.2, 0.25) is 0 Å². The molecule has 0 spiro atoms. The molecule has 0 saturated carbocycles. The van der Waals surface area contributed by atoms with E-state index in [9.17, 15) is 9.18 Å². The molecule has 0 aromatic heterocycles. The van der Waals surface area contributed by atoms with Crippen molar-refractivity contribution in [3.05, 3.63) is 35.1 Å². The van der Waals surface area contributed by atoms with Gasteiger partial charge in [-0.1, -0.05) is 0 Å². The Morgan fingerprint density at radius 2 is 2.28 bits per heavy atom. The van der Waals surface area contributed by atoms with Crippen LogP contribution in [-0.4, -0.2) is 31.1 Å². The van der Waals surface area contributed by atoms with Gasteiger partial charge in [0.05, 0.1) is 11.6 Å². The molecule has 0 saturated heterocycles. The fraction of sp³-hybridized carbons (Fsp3) is 0.385. The number of carbonyl (C=O) groups excluding carboxylic acids is 1. The molecule has 1 rings (SSSR count). The molecule has 1 amide bonds. The van der Waals surface area contributed by atoms with Crippen LogP contribution in [-0.2, 0) is 16.1 Å². The number of methoxy groups -OCH3 is 1. The molecule has 0 N–H and O–H groups in total. The van der Waals surface area contributed by atoms with E-state index in [1.807, 2.05) is 6.07 Å². The van der Waals surface area contributed by atoms with Crippen molar-refractivity contribution in [2.75, 3.05) is 14.2 Å². The second kappa shape index (κ2) is 6.12. The predicted molar refractivity (Wildman–Crippen MR) is 64.1 cm³/mol. The third-order valence-corrected chi connectivity index (χ3v) is 2.66. The van der Waals surface area contributed by atoms with Crippen molar-refractivity contribution in [2.24, 2.45) is 0 Å². The average Bonchev–Trinajstić information content (AvgIpc) is 2.39. The van der Waals surface area contributed by atoms with Crippen molar-refractivity contribution in [3.8, 4) is 6.07 Å². The van der Waals surface area contributed by atoms with Crippen LogP contribution in [0.2, 0.25) is 0 Å². The van der Waals surface area contributed by atoms with E-state index in [4.69, 9.17) is 10.00 Å². The molecule has 5 heteroatoms. The zero-order valence-electron chi connectivity index (χ0n) is 10.6. The summed E-state index contributed by atoms with van der Waals surface area (Å²) in [6, 6.07) is 6.01. The number of nitrogens with zero attached hydrogens (tertiary/aromatic N) is 2. The number of carbonyl (C=O) groups is 1. The van der Waals surface area contributed by atoms with Crippen LogP contribution in [0.1, 0.15) is 18.1 Å². The summed E-state index contributed by atoms with van der Waals surface area (Å²) in [6.07, 6.45) is -0.572. The number of ether oxygens (including phenoxy) is 1. The number of benzene rings is 1. The highest BCUT2D eigenvalue weighted by atomic mass is 19.1. The lowest BCUT2D eigenvalue weighted by Gasteiger charge is -2.20. The molecule has 4 nitrogen and oxygen atoms in total. The summed E-state index contributed by atoms with van der Waals surface area (Å²) in [5.41, 5.74) is 0.681. The van der Waals surface area contributed by atoms with Gasteiger partial charge in [-0.25, -0.2) is 4.39 Å². The molecule has 1 aromatic rings. The summed E-state index contributed by atoms with van der Waals surface area (Å²) in [4.78, 5) is 13.1. The number of hydrogen-bond donors (Lipinski definition) is 0. The van der Waals surface area contributed by atoms with E-state index in [1.165, 1.54) is 30.2 Å². The summed E-state index contributed by atoms with van der Waals surface area (Å²) in [6.45, 7) is 1.73. The molecule has 18 heavy (non-hydrogen) atoms. The minimum Gasteiger partial charge on any atom is -0.372 e. The zero-order chi connectivity index (χ0) is 13.7. The maximum absolute atomic E-state index is 13.5. The zero-order valence-corrected chi connectivity index (χ0v) is 10.6. The van der Waals surface area contributed by atoms with Crippen molar-refractivity contribution >= 4 is 5.91 Å². The first-order valence-electron chi connectivity index (χ1n) is 5.46. The molecule has 1 unspecified atom stereocenters. The maximum atomic E-state index is 13.5. The summed E-state index contributed by atoms with van der Waals surface area (Å²) >= 11 is 0. The summed E-state index contributed by atoms with van der Waals surface area (Å²) in [5.74, 6) is -0.669. The molecule has 0 radical (unpaired) electrons. The monoisotopic (exact) mass is 250 g/mol. The molecule has 0 fully saturated rings. The predicted octanol–water partition coefficient (Wildman–Crippen LogP) is 1.69. The molecular weight excluding hydrogens is 235 g/mol. The van der Waals surface area contributed by atoms with Gasteiger partial charge in [-0.05, 0) is 25.1 Å². The number of rotatable bonds is 4. The topological polar surface area (TPSA) is 53.3 Å². The molecular formula is C13H15FN2O2. The van der Waals surface area contributed by atoms with Gasteiger partial charge in [0.1, 0.15) is 11.9 Å². The van der Waals surface area contributed by atoms with Gasteiger partial charge in [-0.2, -0.15) is 5.26 Å². The standard InChI is InChI=1S/C13H15FN2O2/c1-9(18-3)13(17)16(2)8-11-6-10(7-15)4-5-12(11)14/h4-6,9H,8H2,1-3H3. The lowest BCUT2D eigenvalue weighted by Crippen LogP contribution is -2.35. The number of nitriles is 1. The lowest BCUT2D eigenvalue weighted by atomic mass is 10.1. The second-order valence-electron chi connectivity index (χ2n) is 3.99. The quantitative estimate of drug-likeness (QED) is 0.817. The highest BCUT2D eigenvalue weighted by Crippen LogP contribution is 2.13. The molecule has 0 heterocycles. The van der Waals surface area contributed by atoms with E-state index in [0.717, 1.165) is 0 Å². The van der Waals surface area contributed by atoms with Crippen molar-refractivity contribution in [3.63, 3.8) is 0 Å². The lowest BCUT2D eigenvalue weighted by molar-refractivity contribution is -0.140. The van der Waals surface area contributed by atoms with E-state index in [-0.39, 0.29) is 12.5 Å². The smallest absolute Gasteiger partial charge is 0.251 e. The SMILES string of the molecule is COC(C)C(=O)N(C)Cc1cc(C#N)ccc1F. The molecule has 0 aliphatic heterocycles. The first-order chi connectivity index (χ1) is 8.49. The Bertz CT molecular complexity index is 482. The summed E-state index contributed by atoms with van der Waals surface area (Å²) in [7, 11) is 3.00. The third kappa shape index (κ3) is 3.28. The first-order valence-corrected chi connectivity index (χ1v) is 5.46. The number of likely N-dealkylation sites (N-methyl/N-ethyl adjacent to an activating group) is 1. The van der Waals surface area contributed by atoms with E-state index in [1.54, 1.807) is 14.0 Å². The fourth-order valence-corrected chi connectivity index (χ4v) is 1.51. The van der Waals surface area contributed by atoms with Crippen molar-refractivity contribution in [1.82, 2.24) is 4.90 Å². The Morgan fingerprint density at radius 1 is 1.61 bits per heavy atom. The van der Waals surface area contributed by atoms with E-state index in [2.05, 4.69) is 0 Å². The van der Waals surface area contributed by atoms with Crippen molar-refractivity contribution in [1.29, 1.82) is 5.26 Å². The molecule has 1 atom stereocenters. The largest absolute Gasteiger partial charge is 0.372 e. The van der Waals surface area contributed by atoms with Crippen molar-refractivity contribution < 1.29 is 13.9 Å². The van der Waals surface area contributed by atoms with E-state index >= 15 is 0 Å². The van der Waals surface area contributed by atoms with Gasteiger partial charge in [0.25, 0.3) is 5.91 Å². The summed E-state index contributed by atoms with van der Waals surface area (Å²) in [5, 5.41) is 8.75.